The van der Waals surface area contributed by atoms with Gasteiger partial charge in [-0.25, -0.2) is 8.42 Å². The Kier molecular flexibility index (Phi) is 5.53. The molecule has 0 unspecified atom stereocenters. The maximum absolute atomic E-state index is 13.0. The summed E-state index contributed by atoms with van der Waals surface area (Å²) in [6, 6.07) is 8.57. The summed E-state index contributed by atoms with van der Waals surface area (Å²) in [4.78, 5) is 15.4. The number of amides is 1. The zero-order valence-corrected chi connectivity index (χ0v) is 16.5. The number of likely N-dealkylation sites (tertiary alicyclic amines) is 1. The summed E-state index contributed by atoms with van der Waals surface area (Å²) in [5.41, 5.74) is 0. The van der Waals surface area contributed by atoms with Crippen molar-refractivity contribution < 1.29 is 13.2 Å². The molecule has 3 aliphatic heterocycles. The van der Waals surface area contributed by atoms with Crippen LogP contribution in [0.4, 0.5) is 0 Å². The van der Waals surface area contributed by atoms with Gasteiger partial charge in [-0.05, 0) is 62.7 Å². The first kappa shape index (κ1) is 18.9. The van der Waals surface area contributed by atoms with Gasteiger partial charge in [-0.2, -0.15) is 4.31 Å². The summed E-state index contributed by atoms with van der Waals surface area (Å²) in [5, 5.41) is 3.47. The van der Waals surface area contributed by atoms with Crippen molar-refractivity contribution in [1.29, 1.82) is 0 Å². The van der Waals surface area contributed by atoms with Crippen molar-refractivity contribution in [3.8, 4) is 0 Å². The number of hydrogen-bond acceptors (Lipinski definition) is 4. The van der Waals surface area contributed by atoms with Crippen LogP contribution in [0.3, 0.4) is 0 Å². The Balaban J connectivity index is 1.34. The third kappa shape index (κ3) is 3.91. The Labute approximate surface area is 162 Å². The molecule has 0 saturated carbocycles. The molecule has 27 heavy (non-hydrogen) atoms. The number of sulfonamides is 1. The lowest BCUT2D eigenvalue weighted by Gasteiger charge is -2.33. The lowest BCUT2D eigenvalue weighted by molar-refractivity contribution is -0.136. The molecule has 0 radical (unpaired) electrons. The summed E-state index contributed by atoms with van der Waals surface area (Å²) in [7, 11) is -3.45. The van der Waals surface area contributed by atoms with Crippen LogP contribution in [-0.4, -0.2) is 62.8 Å². The standard InChI is InChI=1S/C20H29N3O3S/c24-20(22-10-6-17-14-21-15-18(17)7-11-22)16-8-12-23(13-9-16)27(25,26)19-4-2-1-3-5-19/h1-5,16-18,21H,6-15H2/t17-,18+. The van der Waals surface area contributed by atoms with E-state index in [2.05, 4.69) is 5.32 Å². The number of hydrogen-bond donors (Lipinski definition) is 1. The van der Waals surface area contributed by atoms with Crippen LogP contribution in [0.15, 0.2) is 35.2 Å². The first-order valence-corrected chi connectivity index (χ1v) is 11.5. The van der Waals surface area contributed by atoms with Gasteiger partial charge in [0.2, 0.25) is 15.9 Å². The highest BCUT2D eigenvalue weighted by Crippen LogP contribution is 2.30. The largest absolute Gasteiger partial charge is 0.342 e. The molecule has 3 heterocycles. The predicted octanol–water partition coefficient (Wildman–Crippen LogP) is 1.55. The number of fused-ring (bicyclic) bond motifs is 1. The van der Waals surface area contributed by atoms with Gasteiger partial charge in [-0.3, -0.25) is 4.79 Å². The van der Waals surface area contributed by atoms with E-state index in [4.69, 9.17) is 0 Å². The molecule has 0 aromatic heterocycles. The van der Waals surface area contributed by atoms with E-state index in [0.29, 0.717) is 42.7 Å². The van der Waals surface area contributed by atoms with Crippen LogP contribution in [-0.2, 0) is 14.8 Å². The molecular formula is C20H29N3O3S. The van der Waals surface area contributed by atoms with Crippen molar-refractivity contribution in [3.63, 3.8) is 0 Å². The summed E-state index contributed by atoms with van der Waals surface area (Å²) in [5.74, 6) is 1.62. The minimum absolute atomic E-state index is 0.0386. The number of benzene rings is 1. The quantitative estimate of drug-likeness (QED) is 0.849. The van der Waals surface area contributed by atoms with Crippen molar-refractivity contribution in [3.05, 3.63) is 30.3 Å². The van der Waals surface area contributed by atoms with Gasteiger partial charge < -0.3 is 10.2 Å². The number of piperidine rings is 1. The monoisotopic (exact) mass is 391 g/mol. The molecule has 1 aromatic carbocycles. The van der Waals surface area contributed by atoms with Gasteiger partial charge in [-0.1, -0.05) is 18.2 Å². The molecule has 2 atom stereocenters. The van der Waals surface area contributed by atoms with E-state index in [0.717, 1.165) is 39.0 Å². The minimum atomic E-state index is -3.45. The fraction of sp³-hybridized carbons (Fsp3) is 0.650. The first-order chi connectivity index (χ1) is 13.1. The van der Waals surface area contributed by atoms with Crippen molar-refractivity contribution in [2.24, 2.45) is 17.8 Å². The zero-order valence-electron chi connectivity index (χ0n) is 15.7. The van der Waals surface area contributed by atoms with Crippen molar-refractivity contribution in [2.45, 2.75) is 30.6 Å². The third-order valence-corrected chi connectivity index (χ3v) is 8.43. The maximum atomic E-state index is 13.0. The Hall–Kier alpha value is -1.44. The number of carbonyl (C=O) groups excluding carboxylic acids is 1. The summed E-state index contributed by atoms with van der Waals surface area (Å²) >= 11 is 0. The summed E-state index contributed by atoms with van der Waals surface area (Å²) < 4.78 is 27.0. The molecule has 3 saturated heterocycles. The molecule has 4 rings (SSSR count). The zero-order chi connectivity index (χ0) is 18.9. The number of rotatable bonds is 3. The van der Waals surface area contributed by atoms with Crippen LogP contribution in [0.5, 0.6) is 0 Å². The predicted molar refractivity (Wildman–Crippen MR) is 104 cm³/mol. The van der Waals surface area contributed by atoms with E-state index >= 15 is 0 Å². The lowest BCUT2D eigenvalue weighted by atomic mass is 9.92. The van der Waals surface area contributed by atoms with Crippen LogP contribution >= 0.6 is 0 Å². The molecule has 1 amide bonds. The second-order valence-corrected chi connectivity index (χ2v) is 10.0. The Morgan fingerprint density at radius 1 is 0.889 bits per heavy atom. The van der Waals surface area contributed by atoms with E-state index < -0.39 is 10.0 Å². The van der Waals surface area contributed by atoms with Crippen LogP contribution in [0.1, 0.15) is 25.7 Å². The van der Waals surface area contributed by atoms with E-state index in [1.165, 1.54) is 4.31 Å². The van der Waals surface area contributed by atoms with Gasteiger partial charge in [-0.15, -0.1) is 0 Å². The lowest BCUT2D eigenvalue weighted by Crippen LogP contribution is -2.44. The van der Waals surface area contributed by atoms with Crippen molar-refractivity contribution in [2.75, 3.05) is 39.3 Å². The molecule has 1 aromatic rings. The Morgan fingerprint density at radius 2 is 1.48 bits per heavy atom. The average Bonchev–Trinajstić information content (AvgIpc) is 3.06. The topological polar surface area (TPSA) is 69.7 Å². The second-order valence-electron chi connectivity index (χ2n) is 8.07. The Morgan fingerprint density at radius 3 is 2.07 bits per heavy atom. The van der Waals surface area contributed by atoms with Gasteiger partial charge in [0.05, 0.1) is 4.90 Å². The van der Waals surface area contributed by atoms with Crippen LogP contribution in [0.2, 0.25) is 0 Å². The number of carbonyl (C=O) groups is 1. The van der Waals surface area contributed by atoms with E-state index in [9.17, 15) is 13.2 Å². The van der Waals surface area contributed by atoms with Crippen molar-refractivity contribution in [1.82, 2.24) is 14.5 Å². The molecule has 0 aliphatic carbocycles. The molecule has 7 heteroatoms. The van der Waals surface area contributed by atoms with Gasteiger partial charge in [0.15, 0.2) is 0 Å². The highest BCUT2D eigenvalue weighted by atomic mass is 32.2. The minimum Gasteiger partial charge on any atom is -0.342 e. The van der Waals surface area contributed by atoms with Crippen LogP contribution < -0.4 is 5.32 Å². The van der Waals surface area contributed by atoms with Gasteiger partial charge in [0, 0.05) is 32.1 Å². The summed E-state index contributed by atoms with van der Waals surface area (Å²) in [6.07, 6.45) is 3.42. The fourth-order valence-electron chi connectivity index (χ4n) is 4.78. The number of nitrogens with zero attached hydrogens (tertiary/aromatic N) is 2. The maximum Gasteiger partial charge on any atom is 0.243 e. The second kappa shape index (κ2) is 7.89. The SMILES string of the molecule is O=C(C1CCN(S(=O)(=O)c2ccccc2)CC1)N1CC[C@@H]2CNC[C@@H]2CC1. The third-order valence-electron chi connectivity index (χ3n) is 6.52. The molecule has 0 bridgehead atoms. The smallest absolute Gasteiger partial charge is 0.243 e. The van der Waals surface area contributed by atoms with Gasteiger partial charge in [0.1, 0.15) is 0 Å². The van der Waals surface area contributed by atoms with Crippen LogP contribution in [0, 0.1) is 17.8 Å². The highest BCUT2D eigenvalue weighted by molar-refractivity contribution is 7.89. The molecule has 3 aliphatic rings. The fourth-order valence-corrected chi connectivity index (χ4v) is 6.27. The molecule has 1 N–H and O–H groups in total. The summed E-state index contributed by atoms with van der Waals surface area (Å²) in [6.45, 7) is 4.73. The normalized spacial score (nSPS) is 27.9. The first-order valence-electron chi connectivity index (χ1n) is 10.1. The van der Waals surface area contributed by atoms with E-state index in [1.54, 1.807) is 24.3 Å². The molecule has 148 valence electrons. The van der Waals surface area contributed by atoms with E-state index in [-0.39, 0.29) is 11.8 Å². The van der Waals surface area contributed by atoms with Crippen molar-refractivity contribution >= 4 is 15.9 Å². The molecular weight excluding hydrogens is 362 g/mol. The molecule has 6 nitrogen and oxygen atoms in total. The van der Waals surface area contributed by atoms with Gasteiger partial charge in [0.25, 0.3) is 0 Å². The molecule has 3 fully saturated rings. The van der Waals surface area contributed by atoms with Crippen LogP contribution in [0.25, 0.3) is 0 Å². The molecule has 0 spiro atoms. The van der Waals surface area contributed by atoms with Gasteiger partial charge >= 0.3 is 0 Å². The van der Waals surface area contributed by atoms with E-state index in [1.807, 2.05) is 11.0 Å². The number of nitrogens with one attached hydrogen (secondary N) is 1. The average molecular weight is 392 g/mol. The highest BCUT2D eigenvalue weighted by Gasteiger charge is 2.36. The Bertz CT molecular complexity index is 746.